The molecule has 2 aromatic rings. The number of ether oxygens (including phenoxy) is 1. The van der Waals surface area contributed by atoms with Gasteiger partial charge in [0.05, 0.1) is 5.02 Å². The molecule has 4 nitrogen and oxygen atoms in total. The summed E-state index contributed by atoms with van der Waals surface area (Å²) in [7, 11) is -3.62. The van der Waals surface area contributed by atoms with E-state index in [-0.39, 0.29) is 23.1 Å². The fourth-order valence-electron chi connectivity index (χ4n) is 2.96. The van der Waals surface area contributed by atoms with E-state index in [0.29, 0.717) is 0 Å². The number of nitrogens with one attached hydrogen (secondary N) is 1. The molecule has 0 bridgehead atoms. The number of sulfonamides is 1. The predicted molar refractivity (Wildman–Crippen MR) is 95.2 cm³/mol. The Kier molecular flexibility index (Phi) is 5.43. The Morgan fingerprint density at radius 2 is 1.83 bits per heavy atom. The van der Waals surface area contributed by atoms with Crippen LogP contribution in [-0.2, 0) is 22.9 Å². The molecule has 0 spiro atoms. The van der Waals surface area contributed by atoms with Crippen molar-refractivity contribution in [1.29, 1.82) is 0 Å². The summed E-state index contributed by atoms with van der Waals surface area (Å²) in [5.41, 5.74) is 2.60. The fourth-order valence-corrected chi connectivity index (χ4v) is 4.49. The molecule has 0 atom stereocenters. The van der Waals surface area contributed by atoms with Gasteiger partial charge >= 0.3 is 0 Å². The first-order chi connectivity index (χ1) is 11.6. The van der Waals surface area contributed by atoms with Crippen LogP contribution in [-0.4, -0.2) is 21.6 Å². The largest absolute Gasteiger partial charge is 0.492 e. The van der Waals surface area contributed by atoms with Gasteiger partial charge in [-0.05, 0) is 55.0 Å². The first kappa shape index (κ1) is 17.3. The van der Waals surface area contributed by atoms with Gasteiger partial charge in [-0.15, -0.1) is 0 Å². The number of hydrogen-bond donors (Lipinski definition) is 1. The average molecular weight is 366 g/mol. The minimum atomic E-state index is -3.62. The molecule has 0 saturated carbocycles. The van der Waals surface area contributed by atoms with E-state index < -0.39 is 10.0 Å². The summed E-state index contributed by atoms with van der Waals surface area (Å²) in [6, 6.07) is 12.5. The molecule has 1 aliphatic rings. The lowest BCUT2D eigenvalue weighted by molar-refractivity contribution is 0.318. The Balaban J connectivity index is 1.59. The van der Waals surface area contributed by atoms with Gasteiger partial charge in [-0.25, -0.2) is 13.1 Å². The second-order valence-electron chi connectivity index (χ2n) is 5.78. The zero-order valence-corrected chi connectivity index (χ0v) is 14.9. The lowest BCUT2D eigenvalue weighted by atomic mass is 9.91. The standard InChI is InChI=1S/C18H20ClNO3S/c19-16-9-3-4-11-18(16)24(21,22)20-12-13-23-17-10-5-7-14-6-1-2-8-15(14)17/h3-5,7,9-11,20H,1-2,6,8,12-13H2. The highest BCUT2D eigenvalue weighted by atomic mass is 35.5. The van der Waals surface area contributed by atoms with Crippen LogP contribution in [0, 0.1) is 0 Å². The first-order valence-corrected chi connectivity index (χ1v) is 9.92. The number of fused-ring (bicyclic) bond motifs is 1. The molecule has 0 saturated heterocycles. The van der Waals surface area contributed by atoms with Gasteiger partial charge in [-0.2, -0.15) is 0 Å². The molecule has 1 aliphatic carbocycles. The zero-order valence-electron chi connectivity index (χ0n) is 13.3. The van der Waals surface area contributed by atoms with Gasteiger partial charge in [0.1, 0.15) is 17.3 Å². The zero-order chi connectivity index (χ0) is 17.0. The molecule has 6 heteroatoms. The van der Waals surface area contributed by atoms with Crippen molar-refractivity contribution in [3.63, 3.8) is 0 Å². The Bertz CT molecular complexity index is 821. The molecular weight excluding hydrogens is 346 g/mol. The van der Waals surface area contributed by atoms with Gasteiger partial charge in [0.2, 0.25) is 10.0 Å². The molecule has 0 radical (unpaired) electrons. The molecule has 0 fully saturated rings. The summed E-state index contributed by atoms with van der Waals surface area (Å²) in [5, 5.41) is 0.211. The van der Waals surface area contributed by atoms with Crippen molar-refractivity contribution >= 4 is 21.6 Å². The van der Waals surface area contributed by atoms with Gasteiger partial charge in [-0.3, -0.25) is 0 Å². The highest BCUT2D eigenvalue weighted by Gasteiger charge is 2.17. The Morgan fingerprint density at radius 3 is 2.67 bits per heavy atom. The molecule has 24 heavy (non-hydrogen) atoms. The SMILES string of the molecule is O=S(=O)(NCCOc1cccc2c1CCCC2)c1ccccc1Cl. The molecule has 0 unspecified atom stereocenters. The van der Waals surface area contributed by atoms with Crippen LogP contribution in [0.1, 0.15) is 24.0 Å². The number of rotatable bonds is 6. The smallest absolute Gasteiger partial charge is 0.242 e. The third kappa shape index (κ3) is 3.91. The monoisotopic (exact) mass is 365 g/mol. The van der Waals surface area contributed by atoms with Crippen LogP contribution in [0.5, 0.6) is 5.75 Å². The highest BCUT2D eigenvalue weighted by molar-refractivity contribution is 7.89. The van der Waals surface area contributed by atoms with Crippen molar-refractivity contribution in [3.05, 3.63) is 58.6 Å². The molecule has 0 amide bonds. The number of aryl methyl sites for hydroxylation is 1. The Morgan fingerprint density at radius 1 is 1.04 bits per heavy atom. The molecule has 0 heterocycles. The summed E-state index contributed by atoms with van der Waals surface area (Å²) in [4.78, 5) is 0.0868. The van der Waals surface area contributed by atoms with Crippen molar-refractivity contribution in [2.24, 2.45) is 0 Å². The van der Waals surface area contributed by atoms with Gasteiger partial charge in [0, 0.05) is 6.54 Å². The maximum Gasteiger partial charge on any atom is 0.242 e. The van der Waals surface area contributed by atoms with Crippen molar-refractivity contribution in [2.75, 3.05) is 13.2 Å². The molecule has 3 rings (SSSR count). The first-order valence-electron chi connectivity index (χ1n) is 8.06. The van der Waals surface area contributed by atoms with Crippen LogP contribution in [0.15, 0.2) is 47.4 Å². The minimum Gasteiger partial charge on any atom is -0.492 e. The van der Waals surface area contributed by atoms with Crippen LogP contribution in [0.4, 0.5) is 0 Å². The molecule has 2 aromatic carbocycles. The van der Waals surface area contributed by atoms with Crippen LogP contribution < -0.4 is 9.46 Å². The van der Waals surface area contributed by atoms with Gasteiger partial charge in [0.15, 0.2) is 0 Å². The summed E-state index contributed by atoms with van der Waals surface area (Å²) in [6.45, 7) is 0.470. The van der Waals surface area contributed by atoms with E-state index in [2.05, 4.69) is 10.8 Å². The van der Waals surface area contributed by atoms with E-state index in [4.69, 9.17) is 16.3 Å². The molecular formula is C18H20ClNO3S. The minimum absolute atomic E-state index is 0.0868. The lowest BCUT2D eigenvalue weighted by Crippen LogP contribution is -2.28. The van der Waals surface area contributed by atoms with E-state index >= 15 is 0 Å². The maximum atomic E-state index is 12.2. The molecule has 0 aliphatic heterocycles. The summed E-state index contributed by atoms with van der Waals surface area (Å²) >= 11 is 5.95. The Hall–Kier alpha value is -1.56. The molecule has 1 N–H and O–H groups in total. The topological polar surface area (TPSA) is 55.4 Å². The van der Waals surface area contributed by atoms with Crippen molar-refractivity contribution in [1.82, 2.24) is 4.72 Å². The van der Waals surface area contributed by atoms with Crippen LogP contribution in [0.25, 0.3) is 0 Å². The second-order valence-corrected chi connectivity index (χ2v) is 7.92. The highest BCUT2D eigenvalue weighted by Crippen LogP contribution is 2.29. The number of halogens is 1. The van der Waals surface area contributed by atoms with E-state index in [0.717, 1.165) is 18.6 Å². The quantitative estimate of drug-likeness (QED) is 0.796. The third-order valence-electron chi connectivity index (χ3n) is 4.13. The molecule has 128 valence electrons. The average Bonchev–Trinajstić information content (AvgIpc) is 2.59. The van der Waals surface area contributed by atoms with Gasteiger partial charge < -0.3 is 4.74 Å². The number of hydrogen-bond acceptors (Lipinski definition) is 3. The van der Waals surface area contributed by atoms with E-state index in [9.17, 15) is 8.42 Å². The van der Waals surface area contributed by atoms with Crippen LogP contribution in [0.3, 0.4) is 0 Å². The van der Waals surface area contributed by atoms with E-state index in [1.165, 1.54) is 30.0 Å². The van der Waals surface area contributed by atoms with Gasteiger partial charge in [0.25, 0.3) is 0 Å². The van der Waals surface area contributed by atoms with E-state index in [1.54, 1.807) is 18.2 Å². The van der Waals surface area contributed by atoms with Gasteiger partial charge in [-0.1, -0.05) is 35.9 Å². The van der Waals surface area contributed by atoms with Crippen molar-refractivity contribution in [2.45, 2.75) is 30.6 Å². The normalized spacial score (nSPS) is 14.2. The third-order valence-corrected chi connectivity index (χ3v) is 6.09. The van der Waals surface area contributed by atoms with Crippen molar-refractivity contribution < 1.29 is 13.2 Å². The van der Waals surface area contributed by atoms with Crippen LogP contribution >= 0.6 is 11.6 Å². The summed E-state index contributed by atoms with van der Waals surface area (Å²) in [5.74, 6) is 0.865. The number of benzene rings is 2. The van der Waals surface area contributed by atoms with Crippen molar-refractivity contribution in [3.8, 4) is 5.75 Å². The summed E-state index contributed by atoms with van der Waals surface area (Å²) in [6.07, 6.45) is 4.50. The fraction of sp³-hybridized carbons (Fsp3) is 0.333. The van der Waals surface area contributed by atoms with Crippen LogP contribution in [0.2, 0.25) is 5.02 Å². The summed E-state index contributed by atoms with van der Waals surface area (Å²) < 4.78 is 32.8. The van der Waals surface area contributed by atoms with E-state index in [1.807, 2.05) is 12.1 Å². The second kappa shape index (κ2) is 7.55. The predicted octanol–water partition coefficient (Wildman–Crippen LogP) is 3.58. The maximum absolute atomic E-state index is 12.2. The Labute approximate surface area is 147 Å². The lowest BCUT2D eigenvalue weighted by Gasteiger charge is -2.19. The molecule has 0 aromatic heterocycles.